The molecule has 0 radical (unpaired) electrons. The molecule has 1 aliphatic heterocycles. The smallest absolute Gasteiger partial charge is 0.242 e. The number of aryl methyl sites for hydroxylation is 1. The number of likely N-dealkylation sites (tertiary alicyclic amines) is 1. The van der Waals surface area contributed by atoms with E-state index in [0.29, 0.717) is 17.5 Å². The van der Waals surface area contributed by atoms with Crippen LogP contribution in [0, 0.1) is 18.8 Å². The monoisotopic (exact) mass is 381 g/mol. The number of hydrogen-bond donors (Lipinski definition) is 1. The van der Waals surface area contributed by atoms with E-state index in [0.717, 1.165) is 18.7 Å². The first-order valence-electron chi connectivity index (χ1n) is 9.10. The van der Waals surface area contributed by atoms with Crippen molar-refractivity contribution >= 4 is 21.6 Å². The molecule has 0 saturated carbocycles. The number of piperidine rings is 1. The fourth-order valence-electron chi connectivity index (χ4n) is 3.54. The summed E-state index contributed by atoms with van der Waals surface area (Å²) >= 11 is 0. The van der Waals surface area contributed by atoms with Gasteiger partial charge in [0.15, 0.2) is 0 Å². The highest BCUT2D eigenvalue weighted by Crippen LogP contribution is 2.25. The van der Waals surface area contributed by atoms with Crippen LogP contribution in [0.15, 0.2) is 23.1 Å². The van der Waals surface area contributed by atoms with Crippen molar-refractivity contribution in [1.82, 2.24) is 9.21 Å². The number of rotatable bonds is 5. The maximum atomic E-state index is 12.8. The number of hydrogen-bond acceptors (Lipinski definition) is 4. The zero-order valence-electron chi connectivity index (χ0n) is 16.6. The van der Waals surface area contributed by atoms with E-state index in [4.69, 9.17) is 0 Å². The van der Waals surface area contributed by atoms with Crippen molar-refractivity contribution in [1.29, 1.82) is 0 Å². The normalized spacial score (nSPS) is 23.0. The van der Waals surface area contributed by atoms with Crippen LogP contribution in [0.5, 0.6) is 0 Å². The van der Waals surface area contributed by atoms with Crippen LogP contribution < -0.4 is 5.32 Å². The van der Waals surface area contributed by atoms with Crippen LogP contribution >= 0.6 is 0 Å². The Morgan fingerprint density at radius 2 is 1.81 bits per heavy atom. The Morgan fingerprint density at radius 1 is 1.23 bits per heavy atom. The summed E-state index contributed by atoms with van der Waals surface area (Å²) in [6.07, 6.45) is 1.19. The van der Waals surface area contributed by atoms with Crippen LogP contribution in [-0.4, -0.2) is 56.8 Å². The molecular weight excluding hydrogens is 350 g/mol. The molecule has 2 rings (SSSR count). The van der Waals surface area contributed by atoms with E-state index in [2.05, 4.69) is 24.1 Å². The molecule has 0 bridgehead atoms. The highest BCUT2D eigenvalue weighted by molar-refractivity contribution is 7.89. The Hall–Kier alpha value is -1.44. The summed E-state index contributed by atoms with van der Waals surface area (Å²) in [6, 6.07) is 4.57. The Labute approximate surface area is 157 Å². The average Bonchev–Trinajstić information content (AvgIpc) is 2.54. The largest absolute Gasteiger partial charge is 0.324 e. The Bertz CT molecular complexity index is 751. The van der Waals surface area contributed by atoms with Gasteiger partial charge in [-0.2, -0.15) is 0 Å². The van der Waals surface area contributed by atoms with Gasteiger partial charge in [0.25, 0.3) is 0 Å². The summed E-state index contributed by atoms with van der Waals surface area (Å²) in [6.45, 7) is 10.0. The average molecular weight is 382 g/mol. The van der Waals surface area contributed by atoms with Gasteiger partial charge in [-0.1, -0.05) is 19.9 Å². The quantitative estimate of drug-likeness (QED) is 0.851. The maximum absolute atomic E-state index is 12.8. The predicted molar refractivity (Wildman–Crippen MR) is 105 cm³/mol. The van der Waals surface area contributed by atoms with Crippen LogP contribution in [0.3, 0.4) is 0 Å². The lowest BCUT2D eigenvalue weighted by molar-refractivity contribution is -0.121. The first kappa shape index (κ1) is 20.9. The number of carbonyl (C=O) groups is 1. The molecule has 6 nitrogen and oxygen atoms in total. The summed E-state index contributed by atoms with van der Waals surface area (Å²) in [5.74, 6) is 1.04. The lowest BCUT2D eigenvalue weighted by atomic mass is 9.91. The van der Waals surface area contributed by atoms with E-state index < -0.39 is 10.0 Å². The number of amides is 1. The van der Waals surface area contributed by atoms with Gasteiger partial charge in [-0.25, -0.2) is 12.7 Å². The second kappa shape index (κ2) is 8.06. The van der Waals surface area contributed by atoms with E-state index in [1.165, 1.54) is 30.9 Å². The number of benzene rings is 1. The van der Waals surface area contributed by atoms with Gasteiger partial charge in [0.05, 0.1) is 10.9 Å². The van der Waals surface area contributed by atoms with Gasteiger partial charge in [-0.3, -0.25) is 9.69 Å². The fourth-order valence-corrected chi connectivity index (χ4v) is 4.47. The van der Waals surface area contributed by atoms with Gasteiger partial charge in [-0.15, -0.1) is 0 Å². The molecule has 3 atom stereocenters. The molecule has 1 aromatic carbocycles. The summed E-state index contributed by atoms with van der Waals surface area (Å²) in [7, 11) is -0.547. The highest BCUT2D eigenvalue weighted by atomic mass is 32.2. The SMILES string of the molecule is Cc1ccc(S(=O)(=O)N(C)C)cc1NC(=O)C(C)N1CC(C)CC(C)C1. The number of nitrogens with zero attached hydrogens (tertiary/aromatic N) is 2. The molecule has 1 aromatic rings. The molecular formula is C19H31N3O3S. The molecule has 1 N–H and O–H groups in total. The first-order chi connectivity index (χ1) is 12.0. The van der Waals surface area contributed by atoms with E-state index in [9.17, 15) is 13.2 Å². The van der Waals surface area contributed by atoms with Crippen molar-refractivity contribution in [2.75, 3.05) is 32.5 Å². The van der Waals surface area contributed by atoms with Crippen molar-refractivity contribution in [3.8, 4) is 0 Å². The van der Waals surface area contributed by atoms with Crippen LogP contribution in [-0.2, 0) is 14.8 Å². The Morgan fingerprint density at radius 3 is 2.35 bits per heavy atom. The van der Waals surface area contributed by atoms with Crippen molar-refractivity contribution < 1.29 is 13.2 Å². The van der Waals surface area contributed by atoms with Crippen LogP contribution in [0.2, 0.25) is 0 Å². The van der Waals surface area contributed by atoms with Crippen LogP contribution in [0.1, 0.15) is 32.8 Å². The van der Waals surface area contributed by atoms with Crippen LogP contribution in [0.25, 0.3) is 0 Å². The van der Waals surface area contributed by atoms with Gasteiger partial charge in [0, 0.05) is 32.9 Å². The molecule has 146 valence electrons. The van der Waals surface area contributed by atoms with Crippen molar-refractivity contribution in [3.63, 3.8) is 0 Å². The molecule has 1 saturated heterocycles. The molecule has 3 unspecified atom stereocenters. The number of sulfonamides is 1. The van der Waals surface area contributed by atoms with Gasteiger partial charge in [0.1, 0.15) is 0 Å². The van der Waals surface area contributed by atoms with E-state index in [1.807, 2.05) is 13.8 Å². The molecule has 1 fully saturated rings. The number of anilines is 1. The fraction of sp³-hybridized carbons (Fsp3) is 0.632. The minimum absolute atomic E-state index is 0.103. The second-order valence-electron chi connectivity index (χ2n) is 7.83. The molecule has 7 heteroatoms. The molecule has 0 spiro atoms. The molecule has 1 amide bonds. The third-order valence-electron chi connectivity index (χ3n) is 5.07. The van der Waals surface area contributed by atoms with E-state index >= 15 is 0 Å². The summed E-state index contributed by atoms with van der Waals surface area (Å²) in [5, 5.41) is 2.92. The maximum Gasteiger partial charge on any atom is 0.242 e. The minimum Gasteiger partial charge on any atom is -0.324 e. The van der Waals surface area contributed by atoms with Gasteiger partial charge >= 0.3 is 0 Å². The zero-order valence-corrected chi connectivity index (χ0v) is 17.4. The molecule has 0 aromatic heterocycles. The first-order valence-corrected chi connectivity index (χ1v) is 10.5. The van der Waals surface area contributed by atoms with Gasteiger partial charge in [0.2, 0.25) is 15.9 Å². The standard InChI is InChI=1S/C19H31N3O3S/c1-13-9-14(2)12-22(11-13)16(4)19(23)20-18-10-17(8-7-15(18)3)26(24,25)21(5)6/h7-8,10,13-14,16H,9,11-12H2,1-6H3,(H,20,23). The number of nitrogens with one attached hydrogen (secondary N) is 1. The van der Waals surface area contributed by atoms with E-state index in [-0.39, 0.29) is 16.8 Å². The summed E-state index contributed by atoms with van der Waals surface area (Å²) in [5.41, 5.74) is 1.38. The third kappa shape index (κ3) is 4.64. The molecule has 26 heavy (non-hydrogen) atoms. The topological polar surface area (TPSA) is 69.7 Å². The third-order valence-corrected chi connectivity index (χ3v) is 6.88. The second-order valence-corrected chi connectivity index (χ2v) is 9.98. The molecule has 0 aliphatic carbocycles. The lowest BCUT2D eigenvalue weighted by Gasteiger charge is -2.38. The predicted octanol–water partition coefficient (Wildman–Crippen LogP) is 2.55. The van der Waals surface area contributed by atoms with Crippen molar-refractivity contribution in [2.24, 2.45) is 11.8 Å². The van der Waals surface area contributed by atoms with Crippen molar-refractivity contribution in [3.05, 3.63) is 23.8 Å². The van der Waals surface area contributed by atoms with E-state index in [1.54, 1.807) is 12.1 Å². The van der Waals surface area contributed by atoms with Crippen molar-refractivity contribution in [2.45, 2.75) is 45.1 Å². The van der Waals surface area contributed by atoms with Gasteiger partial charge in [-0.05, 0) is 49.8 Å². The highest BCUT2D eigenvalue weighted by Gasteiger charge is 2.29. The molecule has 1 aliphatic rings. The zero-order chi connectivity index (χ0) is 19.6. The van der Waals surface area contributed by atoms with Crippen LogP contribution in [0.4, 0.5) is 5.69 Å². The Kier molecular flexibility index (Phi) is 6.47. The minimum atomic E-state index is -3.54. The Balaban J connectivity index is 2.18. The van der Waals surface area contributed by atoms with Gasteiger partial charge < -0.3 is 5.32 Å². The summed E-state index contributed by atoms with van der Waals surface area (Å²) < 4.78 is 25.8. The lowest BCUT2D eigenvalue weighted by Crippen LogP contribution is -2.48. The summed E-state index contributed by atoms with van der Waals surface area (Å²) in [4.78, 5) is 15.1. The molecule has 1 heterocycles. The number of carbonyl (C=O) groups excluding carboxylic acids is 1.